The van der Waals surface area contributed by atoms with Crippen molar-refractivity contribution in [1.82, 2.24) is 5.43 Å². The molecule has 9 heteroatoms. The zero-order chi connectivity index (χ0) is 24.7. The smallest absolute Gasteiger partial charge is 0.264 e. The third kappa shape index (κ3) is 5.74. The number of carbonyl (C=O) groups excluding carboxylic acids is 1. The van der Waals surface area contributed by atoms with Crippen LogP contribution in [0.1, 0.15) is 18.1 Å². The van der Waals surface area contributed by atoms with Crippen molar-refractivity contribution < 1.29 is 22.7 Å². The van der Waals surface area contributed by atoms with Gasteiger partial charge in [-0.05, 0) is 56.3 Å². The fourth-order valence-corrected chi connectivity index (χ4v) is 4.63. The topological polar surface area (TPSA) is 97.3 Å². The molecule has 0 aliphatic heterocycles. The molecular weight excluding hydrogens is 454 g/mol. The van der Waals surface area contributed by atoms with E-state index in [-0.39, 0.29) is 4.90 Å². The second kappa shape index (κ2) is 10.8. The molecule has 178 valence electrons. The SMILES string of the molecule is COc1ccc(/C(C)=N\NC(=O)CN(c2ccc(C)cc2)S(=O)(=O)c2ccccc2)cc1OC. The van der Waals surface area contributed by atoms with Gasteiger partial charge >= 0.3 is 0 Å². The minimum Gasteiger partial charge on any atom is -0.493 e. The molecular formula is C25H27N3O5S. The molecule has 0 saturated carbocycles. The predicted octanol–water partition coefficient (Wildman–Crippen LogP) is 3.75. The number of hydrogen-bond acceptors (Lipinski definition) is 6. The molecule has 0 aliphatic carbocycles. The van der Waals surface area contributed by atoms with Crippen LogP contribution in [0.25, 0.3) is 0 Å². The standard InChI is InChI=1S/C25H27N3O5S/c1-18-10-13-21(14-11-18)28(34(30,31)22-8-6-5-7-9-22)17-25(29)27-26-19(2)20-12-15-23(32-3)24(16-20)33-4/h5-16H,17H2,1-4H3,(H,27,29)/b26-19-. The maximum atomic E-state index is 13.3. The molecule has 1 N–H and O–H groups in total. The minimum absolute atomic E-state index is 0.0911. The monoisotopic (exact) mass is 481 g/mol. The number of hydrazone groups is 1. The first-order chi connectivity index (χ1) is 16.3. The van der Waals surface area contributed by atoms with E-state index in [0.29, 0.717) is 28.5 Å². The van der Waals surface area contributed by atoms with Gasteiger partial charge in [0.15, 0.2) is 11.5 Å². The molecule has 0 aromatic heterocycles. The fraction of sp³-hybridized carbons (Fsp3) is 0.200. The lowest BCUT2D eigenvalue weighted by Crippen LogP contribution is -2.39. The van der Waals surface area contributed by atoms with E-state index in [4.69, 9.17) is 9.47 Å². The highest BCUT2D eigenvalue weighted by Crippen LogP contribution is 2.28. The maximum Gasteiger partial charge on any atom is 0.264 e. The molecule has 34 heavy (non-hydrogen) atoms. The fourth-order valence-electron chi connectivity index (χ4n) is 3.18. The van der Waals surface area contributed by atoms with Crippen LogP contribution in [0.15, 0.2) is 82.8 Å². The van der Waals surface area contributed by atoms with E-state index in [1.165, 1.54) is 19.2 Å². The summed E-state index contributed by atoms with van der Waals surface area (Å²) < 4.78 is 38.3. The van der Waals surface area contributed by atoms with Gasteiger partial charge in [-0.2, -0.15) is 5.10 Å². The number of amides is 1. The quantitative estimate of drug-likeness (QED) is 0.371. The van der Waals surface area contributed by atoms with Crippen LogP contribution in [0.2, 0.25) is 0 Å². The Balaban J connectivity index is 1.84. The first-order valence-electron chi connectivity index (χ1n) is 10.5. The number of nitrogens with one attached hydrogen (secondary N) is 1. The van der Waals surface area contributed by atoms with E-state index in [1.54, 1.807) is 74.7 Å². The molecule has 3 rings (SSSR count). The molecule has 0 radical (unpaired) electrons. The van der Waals surface area contributed by atoms with Crippen molar-refractivity contribution in [1.29, 1.82) is 0 Å². The first kappa shape index (κ1) is 24.8. The van der Waals surface area contributed by atoms with Gasteiger partial charge in [0.2, 0.25) is 0 Å². The molecule has 0 aliphatic rings. The van der Waals surface area contributed by atoms with E-state index < -0.39 is 22.5 Å². The summed E-state index contributed by atoms with van der Waals surface area (Å²) in [5.74, 6) is 0.517. The Morgan fingerprint density at radius 3 is 2.21 bits per heavy atom. The number of aryl methyl sites for hydroxylation is 1. The van der Waals surface area contributed by atoms with Gasteiger partial charge in [0.25, 0.3) is 15.9 Å². The van der Waals surface area contributed by atoms with Crippen LogP contribution in [0.4, 0.5) is 5.69 Å². The van der Waals surface area contributed by atoms with Gasteiger partial charge in [-0.3, -0.25) is 9.10 Å². The van der Waals surface area contributed by atoms with Crippen LogP contribution in [-0.4, -0.2) is 40.8 Å². The maximum absolute atomic E-state index is 13.3. The summed E-state index contributed by atoms with van der Waals surface area (Å²) in [7, 11) is -0.902. The first-order valence-corrected chi connectivity index (χ1v) is 11.9. The van der Waals surface area contributed by atoms with Crippen molar-refractivity contribution in [2.45, 2.75) is 18.7 Å². The van der Waals surface area contributed by atoms with Crippen molar-refractivity contribution in [3.05, 3.63) is 83.9 Å². The number of hydrogen-bond donors (Lipinski definition) is 1. The van der Waals surface area contributed by atoms with E-state index in [1.807, 2.05) is 6.92 Å². The minimum atomic E-state index is -3.98. The third-order valence-corrected chi connectivity index (χ3v) is 6.88. The number of rotatable bonds is 9. The Hall–Kier alpha value is -3.85. The number of benzene rings is 3. The molecule has 0 saturated heterocycles. The summed E-state index contributed by atoms with van der Waals surface area (Å²) in [4.78, 5) is 12.9. The van der Waals surface area contributed by atoms with Crippen LogP contribution in [0, 0.1) is 6.92 Å². The van der Waals surface area contributed by atoms with Gasteiger partial charge in [0.05, 0.1) is 30.5 Å². The zero-order valence-corrected chi connectivity index (χ0v) is 20.3. The molecule has 0 heterocycles. The number of nitrogens with zero attached hydrogens (tertiary/aromatic N) is 2. The Morgan fingerprint density at radius 1 is 0.941 bits per heavy atom. The van der Waals surface area contributed by atoms with Gasteiger partial charge < -0.3 is 9.47 Å². The highest BCUT2D eigenvalue weighted by molar-refractivity contribution is 7.92. The van der Waals surface area contributed by atoms with Crippen LogP contribution in [-0.2, 0) is 14.8 Å². The van der Waals surface area contributed by atoms with Crippen molar-refractivity contribution in [3.8, 4) is 11.5 Å². The predicted molar refractivity (Wildman–Crippen MR) is 132 cm³/mol. The molecule has 0 atom stereocenters. The molecule has 0 spiro atoms. The highest BCUT2D eigenvalue weighted by Gasteiger charge is 2.27. The normalized spacial score (nSPS) is 11.6. The summed E-state index contributed by atoms with van der Waals surface area (Å²) in [6, 6.07) is 20.2. The number of ether oxygens (including phenoxy) is 2. The van der Waals surface area contributed by atoms with E-state index in [2.05, 4.69) is 10.5 Å². The van der Waals surface area contributed by atoms with Crippen molar-refractivity contribution in [2.75, 3.05) is 25.1 Å². The van der Waals surface area contributed by atoms with Crippen LogP contribution >= 0.6 is 0 Å². The van der Waals surface area contributed by atoms with Crippen molar-refractivity contribution in [3.63, 3.8) is 0 Å². The van der Waals surface area contributed by atoms with Crippen LogP contribution in [0.3, 0.4) is 0 Å². The number of methoxy groups -OCH3 is 2. The molecule has 8 nitrogen and oxygen atoms in total. The lowest BCUT2D eigenvalue weighted by atomic mass is 10.1. The summed E-state index contributed by atoms with van der Waals surface area (Å²) in [6.07, 6.45) is 0. The lowest BCUT2D eigenvalue weighted by Gasteiger charge is -2.24. The van der Waals surface area contributed by atoms with Crippen LogP contribution < -0.4 is 19.2 Å². The zero-order valence-electron chi connectivity index (χ0n) is 19.5. The number of carbonyl (C=O) groups is 1. The number of sulfonamides is 1. The molecule has 3 aromatic carbocycles. The van der Waals surface area contributed by atoms with Crippen molar-refractivity contribution >= 4 is 27.3 Å². The number of anilines is 1. The molecule has 0 fully saturated rings. The summed E-state index contributed by atoms with van der Waals surface area (Å²) in [5.41, 5.74) is 5.03. The van der Waals surface area contributed by atoms with E-state index >= 15 is 0 Å². The van der Waals surface area contributed by atoms with Gasteiger partial charge in [0.1, 0.15) is 6.54 Å². The largest absolute Gasteiger partial charge is 0.493 e. The van der Waals surface area contributed by atoms with Crippen LogP contribution in [0.5, 0.6) is 11.5 Å². The molecule has 0 unspecified atom stereocenters. The molecule has 0 bridgehead atoms. The second-order valence-electron chi connectivity index (χ2n) is 7.46. The highest BCUT2D eigenvalue weighted by atomic mass is 32.2. The van der Waals surface area contributed by atoms with Gasteiger partial charge in [-0.15, -0.1) is 0 Å². The summed E-state index contributed by atoms with van der Waals surface area (Å²) >= 11 is 0. The van der Waals surface area contributed by atoms with Crippen molar-refractivity contribution in [2.24, 2.45) is 5.10 Å². The van der Waals surface area contributed by atoms with Gasteiger partial charge in [0, 0.05) is 5.56 Å². The second-order valence-corrected chi connectivity index (χ2v) is 9.32. The molecule has 3 aromatic rings. The van der Waals surface area contributed by atoms with E-state index in [0.717, 1.165) is 9.87 Å². The average Bonchev–Trinajstić information content (AvgIpc) is 2.86. The van der Waals surface area contributed by atoms with E-state index in [9.17, 15) is 13.2 Å². The third-order valence-electron chi connectivity index (χ3n) is 5.09. The molecule has 1 amide bonds. The lowest BCUT2D eigenvalue weighted by molar-refractivity contribution is -0.119. The van der Waals surface area contributed by atoms with Gasteiger partial charge in [-0.25, -0.2) is 13.8 Å². The summed E-state index contributed by atoms with van der Waals surface area (Å²) in [6.45, 7) is 3.18. The average molecular weight is 482 g/mol. The Kier molecular flexibility index (Phi) is 7.91. The Labute approximate surface area is 199 Å². The Bertz CT molecular complexity index is 1270. The Morgan fingerprint density at radius 2 is 1.59 bits per heavy atom. The van der Waals surface area contributed by atoms with Gasteiger partial charge in [-0.1, -0.05) is 35.9 Å². The summed E-state index contributed by atoms with van der Waals surface area (Å²) in [5, 5.41) is 4.14.